The molecule has 0 fully saturated rings. The van der Waals surface area contributed by atoms with E-state index in [-0.39, 0.29) is 17.6 Å². The average Bonchev–Trinajstić information content (AvgIpc) is 3.28. The molecule has 31 heavy (non-hydrogen) atoms. The Kier molecular flexibility index (Phi) is 7.30. The number of methoxy groups -OCH3 is 1. The lowest BCUT2D eigenvalue weighted by molar-refractivity contribution is -0.125. The van der Waals surface area contributed by atoms with Gasteiger partial charge in [-0.15, -0.1) is 22.0 Å². The smallest absolute Gasteiger partial charge is 0.340 e. The van der Waals surface area contributed by atoms with Crippen molar-refractivity contribution in [3.05, 3.63) is 60.0 Å². The van der Waals surface area contributed by atoms with Gasteiger partial charge >= 0.3 is 5.97 Å². The molecule has 0 N–H and O–H groups in total. The second-order valence-electron chi connectivity index (χ2n) is 6.79. The molecule has 0 aliphatic rings. The second-order valence-corrected chi connectivity index (χ2v) is 7.81. The van der Waals surface area contributed by atoms with Gasteiger partial charge in [-0.05, 0) is 43.3 Å². The van der Waals surface area contributed by atoms with E-state index in [1.54, 1.807) is 70.6 Å². The zero-order chi connectivity index (χ0) is 22.4. The van der Waals surface area contributed by atoms with Crippen LogP contribution in [0.4, 0.5) is 0 Å². The molecule has 0 bridgehead atoms. The summed E-state index contributed by atoms with van der Waals surface area (Å²) >= 11 is 1.29. The van der Waals surface area contributed by atoms with Gasteiger partial charge in [-0.25, -0.2) is 4.79 Å². The predicted molar refractivity (Wildman–Crippen MR) is 116 cm³/mol. The summed E-state index contributed by atoms with van der Waals surface area (Å²) in [4.78, 5) is 26.8. The van der Waals surface area contributed by atoms with Crippen LogP contribution >= 0.6 is 11.8 Å². The third-order valence-electron chi connectivity index (χ3n) is 4.37. The molecule has 0 saturated carbocycles. The summed E-state index contributed by atoms with van der Waals surface area (Å²) in [7, 11) is 4.97. The number of ether oxygens (including phenoxy) is 2. The van der Waals surface area contributed by atoms with E-state index in [1.807, 2.05) is 6.07 Å². The van der Waals surface area contributed by atoms with Crippen molar-refractivity contribution in [3.8, 4) is 17.2 Å². The van der Waals surface area contributed by atoms with Crippen LogP contribution in [0.5, 0.6) is 5.75 Å². The highest BCUT2D eigenvalue weighted by atomic mass is 32.2. The Labute approximate surface area is 184 Å². The first-order valence-corrected chi connectivity index (χ1v) is 10.5. The van der Waals surface area contributed by atoms with Crippen LogP contribution in [0.1, 0.15) is 29.3 Å². The normalized spacial score (nSPS) is 11.6. The van der Waals surface area contributed by atoms with Crippen molar-refractivity contribution in [3.63, 3.8) is 0 Å². The minimum Gasteiger partial charge on any atom is -0.497 e. The molecular formula is C22H23N3O5S. The van der Waals surface area contributed by atoms with Gasteiger partial charge in [0.05, 0.1) is 18.4 Å². The van der Waals surface area contributed by atoms with E-state index in [0.717, 1.165) is 11.3 Å². The van der Waals surface area contributed by atoms with E-state index in [1.165, 1.54) is 16.7 Å². The highest BCUT2D eigenvalue weighted by Gasteiger charge is 2.22. The van der Waals surface area contributed by atoms with Crippen molar-refractivity contribution in [2.45, 2.75) is 17.9 Å². The number of hydrogen-bond acceptors (Lipinski definition) is 8. The number of rotatable bonds is 8. The number of amides is 1. The van der Waals surface area contributed by atoms with Crippen molar-refractivity contribution >= 4 is 23.6 Å². The highest BCUT2D eigenvalue weighted by Crippen LogP contribution is 2.27. The first-order chi connectivity index (χ1) is 14.9. The van der Waals surface area contributed by atoms with Gasteiger partial charge in [0, 0.05) is 24.6 Å². The van der Waals surface area contributed by atoms with E-state index in [0.29, 0.717) is 16.3 Å². The Hall–Kier alpha value is -3.33. The van der Waals surface area contributed by atoms with Crippen LogP contribution in [0, 0.1) is 0 Å². The van der Waals surface area contributed by atoms with Gasteiger partial charge < -0.3 is 18.8 Å². The second kappa shape index (κ2) is 10.1. The van der Waals surface area contributed by atoms with Crippen molar-refractivity contribution in [1.29, 1.82) is 0 Å². The van der Waals surface area contributed by atoms with Crippen LogP contribution in [0.25, 0.3) is 11.5 Å². The molecular weight excluding hydrogens is 418 g/mol. The Bertz CT molecular complexity index is 1050. The van der Waals surface area contributed by atoms with Gasteiger partial charge in [-0.2, -0.15) is 0 Å². The van der Waals surface area contributed by atoms with Crippen LogP contribution in [-0.2, 0) is 9.53 Å². The number of benzene rings is 2. The number of carbonyl (C=O) groups excluding carboxylic acids is 2. The maximum Gasteiger partial charge on any atom is 0.340 e. The van der Waals surface area contributed by atoms with Gasteiger partial charge in [0.2, 0.25) is 11.8 Å². The van der Waals surface area contributed by atoms with Crippen LogP contribution in [0.2, 0.25) is 0 Å². The monoisotopic (exact) mass is 441 g/mol. The van der Waals surface area contributed by atoms with E-state index in [9.17, 15) is 9.59 Å². The maximum atomic E-state index is 12.7. The van der Waals surface area contributed by atoms with Crippen molar-refractivity contribution < 1.29 is 23.5 Å². The third kappa shape index (κ3) is 5.64. The van der Waals surface area contributed by atoms with Crippen molar-refractivity contribution in [2.75, 3.05) is 27.0 Å². The quantitative estimate of drug-likeness (QED) is 0.384. The van der Waals surface area contributed by atoms with E-state index in [2.05, 4.69) is 10.2 Å². The number of nitrogens with zero attached hydrogens (tertiary/aromatic N) is 3. The lowest BCUT2D eigenvalue weighted by Crippen LogP contribution is -2.23. The summed E-state index contributed by atoms with van der Waals surface area (Å²) < 4.78 is 16.4. The Balaban J connectivity index is 1.68. The highest BCUT2D eigenvalue weighted by molar-refractivity contribution is 8.00. The zero-order valence-electron chi connectivity index (χ0n) is 17.7. The van der Waals surface area contributed by atoms with Gasteiger partial charge in [0.15, 0.2) is 6.10 Å². The molecule has 0 radical (unpaired) electrons. The molecule has 0 saturated heterocycles. The summed E-state index contributed by atoms with van der Waals surface area (Å²) in [6, 6.07) is 14.2. The Morgan fingerprint density at radius 1 is 1.10 bits per heavy atom. The van der Waals surface area contributed by atoms with E-state index in [4.69, 9.17) is 13.9 Å². The van der Waals surface area contributed by atoms with Crippen LogP contribution in [0.15, 0.2) is 57.8 Å². The van der Waals surface area contributed by atoms with Gasteiger partial charge in [0.1, 0.15) is 5.75 Å². The minimum absolute atomic E-state index is 0.0431. The summed E-state index contributed by atoms with van der Waals surface area (Å²) in [5.74, 6) is 0.873. The first kappa shape index (κ1) is 22.4. The number of aromatic nitrogens is 2. The molecule has 1 amide bonds. The summed E-state index contributed by atoms with van der Waals surface area (Å²) in [6.07, 6.45) is -0.742. The van der Waals surface area contributed by atoms with Crippen molar-refractivity contribution in [1.82, 2.24) is 15.1 Å². The molecule has 1 atom stereocenters. The number of carbonyl (C=O) groups is 2. The fraction of sp³-hybridized carbons (Fsp3) is 0.273. The molecule has 0 spiro atoms. The molecule has 1 heterocycles. The van der Waals surface area contributed by atoms with Crippen LogP contribution < -0.4 is 4.74 Å². The SMILES string of the molecule is COc1ccc(-c2nnc([C@H](C)OC(=O)c3ccccc3SCC(=O)N(C)C)o2)cc1. The molecule has 1 aromatic heterocycles. The van der Waals surface area contributed by atoms with E-state index < -0.39 is 12.1 Å². The van der Waals surface area contributed by atoms with Crippen molar-refractivity contribution in [2.24, 2.45) is 0 Å². The Morgan fingerprint density at radius 2 is 1.81 bits per heavy atom. The van der Waals surface area contributed by atoms with Gasteiger partial charge in [-0.1, -0.05) is 12.1 Å². The molecule has 0 aliphatic carbocycles. The maximum absolute atomic E-state index is 12.7. The summed E-state index contributed by atoms with van der Waals surface area (Å²) in [6.45, 7) is 1.66. The fourth-order valence-corrected chi connectivity index (χ4v) is 3.57. The molecule has 162 valence electrons. The summed E-state index contributed by atoms with van der Waals surface area (Å²) in [5, 5.41) is 8.03. The zero-order valence-corrected chi connectivity index (χ0v) is 18.5. The van der Waals surface area contributed by atoms with Gasteiger partial charge in [0.25, 0.3) is 5.89 Å². The third-order valence-corrected chi connectivity index (χ3v) is 5.42. The predicted octanol–water partition coefficient (Wildman–Crippen LogP) is 3.84. The lowest BCUT2D eigenvalue weighted by atomic mass is 10.2. The van der Waals surface area contributed by atoms with E-state index >= 15 is 0 Å². The average molecular weight is 442 g/mol. The number of hydrogen-bond donors (Lipinski definition) is 0. The molecule has 3 rings (SSSR count). The molecule has 8 nitrogen and oxygen atoms in total. The standard InChI is InChI=1S/C22H23N3O5S/c1-14(20-23-24-21(30-20)15-9-11-16(28-4)12-10-15)29-22(27)17-7-5-6-8-18(17)31-13-19(26)25(2)3/h5-12,14H,13H2,1-4H3/t14-/m0/s1. The minimum atomic E-state index is -0.742. The topological polar surface area (TPSA) is 94.8 Å². The number of esters is 1. The molecule has 2 aromatic carbocycles. The number of thioether (sulfide) groups is 1. The van der Waals surface area contributed by atoms with Crippen LogP contribution in [0.3, 0.4) is 0 Å². The molecule has 0 unspecified atom stereocenters. The van der Waals surface area contributed by atoms with Crippen LogP contribution in [-0.4, -0.2) is 53.9 Å². The molecule has 3 aromatic rings. The summed E-state index contributed by atoms with van der Waals surface area (Å²) in [5.41, 5.74) is 1.10. The molecule has 0 aliphatic heterocycles. The molecule has 9 heteroatoms. The lowest BCUT2D eigenvalue weighted by Gasteiger charge is -2.13. The fourth-order valence-electron chi connectivity index (χ4n) is 2.55. The largest absolute Gasteiger partial charge is 0.497 e. The Morgan fingerprint density at radius 3 is 2.48 bits per heavy atom. The first-order valence-electron chi connectivity index (χ1n) is 9.50. The van der Waals surface area contributed by atoms with Gasteiger partial charge in [-0.3, -0.25) is 4.79 Å².